The van der Waals surface area contributed by atoms with E-state index >= 15 is 0 Å². The monoisotopic (exact) mass is 229 g/mol. The van der Waals surface area contributed by atoms with Gasteiger partial charge in [0.25, 0.3) is 5.91 Å². The van der Waals surface area contributed by atoms with E-state index < -0.39 is 5.91 Å². The summed E-state index contributed by atoms with van der Waals surface area (Å²) in [5.74, 6) is -0.615. The van der Waals surface area contributed by atoms with Crippen LogP contribution in [0.4, 0.5) is 0 Å². The molecule has 1 amide bonds. The molecule has 1 atom stereocenters. The molecule has 0 heterocycles. The van der Waals surface area contributed by atoms with Crippen LogP contribution in [0.25, 0.3) is 0 Å². The van der Waals surface area contributed by atoms with E-state index in [9.17, 15) is 9.90 Å². The van der Waals surface area contributed by atoms with Gasteiger partial charge in [-0.15, -0.1) is 0 Å². The SMILES string of the molecule is C[C@H](CO)NC(=O)c1ccc(Cl)cc1O. The van der Waals surface area contributed by atoms with Gasteiger partial charge >= 0.3 is 0 Å². The van der Waals surface area contributed by atoms with Crippen LogP contribution in [-0.4, -0.2) is 28.8 Å². The van der Waals surface area contributed by atoms with Gasteiger partial charge in [-0.25, -0.2) is 0 Å². The molecule has 1 aromatic carbocycles. The molecule has 0 fully saturated rings. The number of hydrogen-bond acceptors (Lipinski definition) is 3. The fraction of sp³-hybridized carbons (Fsp3) is 0.300. The Bertz CT molecular complexity index is 368. The number of aliphatic hydroxyl groups excluding tert-OH is 1. The fourth-order valence-corrected chi connectivity index (χ4v) is 1.21. The summed E-state index contributed by atoms with van der Waals surface area (Å²) >= 11 is 5.62. The molecule has 0 aliphatic heterocycles. The number of benzene rings is 1. The quantitative estimate of drug-likeness (QED) is 0.729. The third kappa shape index (κ3) is 3.11. The zero-order valence-electron chi connectivity index (χ0n) is 8.20. The molecular formula is C10H12ClNO3. The number of amides is 1. The van der Waals surface area contributed by atoms with Crippen molar-refractivity contribution in [2.75, 3.05) is 6.61 Å². The predicted molar refractivity (Wildman–Crippen MR) is 57.1 cm³/mol. The Kier molecular flexibility index (Phi) is 3.94. The highest BCUT2D eigenvalue weighted by molar-refractivity contribution is 6.30. The van der Waals surface area contributed by atoms with Gasteiger partial charge in [0.15, 0.2) is 0 Å². The standard InChI is InChI=1S/C10H12ClNO3/c1-6(5-13)12-10(15)8-3-2-7(11)4-9(8)14/h2-4,6,13-14H,5H2,1H3,(H,12,15)/t6-/m1/s1. The molecule has 15 heavy (non-hydrogen) atoms. The highest BCUT2D eigenvalue weighted by Crippen LogP contribution is 2.21. The van der Waals surface area contributed by atoms with E-state index in [1.807, 2.05) is 0 Å². The van der Waals surface area contributed by atoms with Gasteiger partial charge in [-0.2, -0.15) is 0 Å². The minimum Gasteiger partial charge on any atom is -0.507 e. The zero-order valence-corrected chi connectivity index (χ0v) is 8.95. The second-order valence-electron chi connectivity index (χ2n) is 3.22. The van der Waals surface area contributed by atoms with Crippen molar-refractivity contribution in [2.45, 2.75) is 13.0 Å². The van der Waals surface area contributed by atoms with E-state index in [-0.39, 0.29) is 24.0 Å². The lowest BCUT2D eigenvalue weighted by molar-refractivity contribution is 0.0919. The lowest BCUT2D eigenvalue weighted by atomic mass is 10.2. The highest BCUT2D eigenvalue weighted by atomic mass is 35.5. The van der Waals surface area contributed by atoms with Gasteiger partial charge in [0.2, 0.25) is 0 Å². The Hall–Kier alpha value is -1.26. The Morgan fingerprint density at radius 2 is 2.27 bits per heavy atom. The number of phenols is 1. The molecule has 0 saturated carbocycles. The van der Waals surface area contributed by atoms with Gasteiger partial charge in [-0.1, -0.05) is 11.6 Å². The number of rotatable bonds is 3. The predicted octanol–water partition coefficient (Wildman–Crippen LogP) is 1.16. The zero-order chi connectivity index (χ0) is 11.4. The number of aromatic hydroxyl groups is 1. The average molecular weight is 230 g/mol. The summed E-state index contributed by atoms with van der Waals surface area (Å²) in [6.45, 7) is 1.50. The number of hydrogen-bond donors (Lipinski definition) is 3. The molecule has 0 aromatic heterocycles. The molecule has 0 unspecified atom stereocenters. The Morgan fingerprint density at radius 3 is 2.80 bits per heavy atom. The van der Waals surface area contributed by atoms with Crippen LogP contribution in [0.2, 0.25) is 5.02 Å². The van der Waals surface area contributed by atoms with Gasteiger partial charge in [0.1, 0.15) is 5.75 Å². The smallest absolute Gasteiger partial charge is 0.255 e. The van der Waals surface area contributed by atoms with Crippen molar-refractivity contribution in [1.82, 2.24) is 5.32 Å². The van der Waals surface area contributed by atoms with Crippen LogP contribution in [0.1, 0.15) is 17.3 Å². The lowest BCUT2D eigenvalue weighted by Gasteiger charge is -2.11. The maximum Gasteiger partial charge on any atom is 0.255 e. The summed E-state index contributed by atoms with van der Waals surface area (Å²) in [5, 5.41) is 21.1. The topological polar surface area (TPSA) is 69.6 Å². The van der Waals surface area contributed by atoms with Gasteiger partial charge in [0, 0.05) is 11.1 Å². The number of nitrogens with one attached hydrogen (secondary N) is 1. The normalized spacial score (nSPS) is 12.2. The van der Waals surface area contributed by atoms with Crippen molar-refractivity contribution < 1.29 is 15.0 Å². The lowest BCUT2D eigenvalue weighted by Crippen LogP contribution is -2.34. The van der Waals surface area contributed by atoms with Crippen LogP contribution >= 0.6 is 11.6 Å². The van der Waals surface area contributed by atoms with E-state index in [2.05, 4.69) is 5.32 Å². The summed E-state index contributed by atoms with van der Waals surface area (Å²) in [6, 6.07) is 3.88. The van der Waals surface area contributed by atoms with Crippen LogP contribution in [-0.2, 0) is 0 Å². The number of aliphatic hydroxyl groups is 1. The molecule has 0 aliphatic rings. The second-order valence-corrected chi connectivity index (χ2v) is 3.65. The fourth-order valence-electron chi connectivity index (χ4n) is 1.04. The number of carbonyl (C=O) groups excluding carboxylic acids is 1. The number of carbonyl (C=O) groups is 1. The first-order valence-corrected chi connectivity index (χ1v) is 4.82. The Labute approximate surface area is 92.5 Å². The van der Waals surface area contributed by atoms with Crippen molar-refractivity contribution in [3.05, 3.63) is 28.8 Å². The van der Waals surface area contributed by atoms with E-state index in [1.165, 1.54) is 18.2 Å². The molecule has 1 rings (SSSR count). The van der Waals surface area contributed by atoms with Gasteiger partial charge < -0.3 is 15.5 Å². The van der Waals surface area contributed by atoms with Crippen LogP contribution in [0, 0.1) is 0 Å². The molecule has 3 N–H and O–H groups in total. The second kappa shape index (κ2) is 5.00. The van der Waals surface area contributed by atoms with E-state index in [0.717, 1.165) is 0 Å². The van der Waals surface area contributed by atoms with E-state index in [4.69, 9.17) is 16.7 Å². The molecule has 82 valence electrons. The molecule has 0 aliphatic carbocycles. The first-order chi connectivity index (χ1) is 7.04. The van der Waals surface area contributed by atoms with Crippen molar-refractivity contribution in [2.24, 2.45) is 0 Å². The molecule has 4 nitrogen and oxygen atoms in total. The van der Waals surface area contributed by atoms with Gasteiger partial charge in [0.05, 0.1) is 12.2 Å². The van der Waals surface area contributed by atoms with Crippen LogP contribution < -0.4 is 5.32 Å². The summed E-state index contributed by atoms with van der Waals surface area (Å²) in [6.07, 6.45) is 0. The van der Waals surface area contributed by atoms with Crippen LogP contribution in [0.15, 0.2) is 18.2 Å². The minimum atomic E-state index is -0.439. The highest BCUT2D eigenvalue weighted by Gasteiger charge is 2.13. The average Bonchev–Trinajstić information content (AvgIpc) is 2.17. The molecule has 0 spiro atoms. The van der Waals surface area contributed by atoms with Crippen LogP contribution in [0.5, 0.6) is 5.75 Å². The van der Waals surface area contributed by atoms with Crippen LogP contribution in [0.3, 0.4) is 0 Å². The number of halogens is 1. The van der Waals surface area contributed by atoms with Gasteiger partial charge in [-0.3, -0.25) is 4.79 Å². The summed E-state index contributed by atoms with van der Waals surface area (Å²) in [7, 11) is 0. The molecule has 0 bridgehead atoms. The molecule has 0 saturated heterocycles. The maximum atomic E-state index is 11.5. The van der Waals surface area contributed by atoms with Gasteiger partial charge in [-0.05, 0) is 25.1 Å². The molecule has 0 radical (unpaired) electrons. The van der Waals surface area contributed by atoms with Crippen molar-refractivity contribution in [3.8, 4) is 5.75 Å². The van der Waals surface area contributed by atoms with E-state index in [0.29, 0.717) is 5.02 Å². The minimum absolute atomic E-state index is 0.139. The Balaban J connectivity index is 2.82. The molecular weight excluding hydrogens is 218 g/mol. The molecule has 5 heteroatoms. The third-order valence-electron chi connectivity index (χ3n) is 1.86. The summed E-state index contributed by atoms with van der Waals surface area (Å²) < 4.78 is 0. The largest absolute Gasteiger partial charge is 0.507 e. The van der Waals surface area contributed by atoms with Crippen molar-refractivity contribution in [3.63, 3.8) is 0 Å². The van der Waals surface area contributed by atoms with E-state index in [1.54, 1.807) is 6.92 Å². The maximum absolute atomic E-state index is 11.5. The molecule has 1 aromatic rings. The third-order valence-corrected chi connectivity index (χ3v) is 2.09. The van der Waals surface area contributed by atoms with Crippen molar-refractivity contribution in [1.29, 1.82) is 0 Å². The first-order valence-electron chi connectivity index (χ1n) is 4.45. The summed E-state index contributed by atoms with van der Waals surface area (Å²) in [5.41, 5.74) is 0.139. The number of phenolic OH excluding ortho intramolecular Hbond substituents is 1. The Morgan fingerprint density at radius 1 is 1.60 bits per heavy atom. The summed E-state index contributed by atoms with van der Waals surface area (Å²) in [4.78, 5) is 11.5. The first kappa shape index (κ1) is 11.8. The van der Waals surface area contributed by atoms with Crippen molar-refractivity contribution >= 4 is 17.5 Å².